The second-order valence-corrected chi connectivity index (χ2v) is 5.48. The number of amides is 1. The molecule has 0 radical (unpaired) electrons. The van der Waals surface area contributed by atoms with Gasteiger partial charge in [-0.1, -0.05) is 24.3 Å². The summed E-state index contributed by atoms with van der Waals surface area (Å²) in [6.07, 6.45) is 2.63. The van der Waals surface area contributed by atoms with Gasteiger partial charge in [-0.25, -0.2) is 14.4 Å². The third kappa shape index (κ3) is 4.07. The number of carbonyl (C=O) groups is 2. The maximum atomic E-state index is 13.6. The molecule has 1 heterocycles. The zero-order valence-corrected chi connectivity index (χ0v) is 13.9. The number of nitrogens with one attached hydrogen (secondary N) is 2. The molecule has 0 spiro atoms. The number of para-hydroxylation sites is 1. The number of rotatable bonds is 5. The van der Waals surface area contributed by atoms with Crippen molar-refractivity contribution in [1.29, 1.82) is 0 Å². The number of hydrogen-bond acceptors (Lipinski definition) is 5. The fourth-order valence-corrected chi connectivity index (χ4v) is 2.22. The van der Waals surface area contributed by atoms with Crippen LogP contribution in [0.25, 0.3) is 0 Å². The number of ketones is 1. The Labute approximate surface area is 149 Å². The number of benzene rings is 2. The lowest BCUT2D eigenvalue weighted by Gasteiger charge is -2.08. The van der Waals surface area contributed by atoms with E-state index in [1.54, 1.807) is 42.5 Å². The lowest BCUT2D eigenvalue weighted by atomic mass is 10.1. The Morgan fingerprint density at radius 2 is 1.81 bits per heavy atom. The highest BCUT2D eigenvalue weighted by Gasteiger charge is 2.10. The summed E-state index contributed by atoms with van der Waals surface area (Å²) >= 11 is 0. The van der Waals surface area contributed by atoms with Crippen LogP contribution in [0.3, 0.4) is 0 Å². The van der Waals surface area contributed by atoms with Crippen molar-refractivity contribution >= 4 is 28.9 Å². The Hall–Kier alpha value is -3.61. The highest BCUT2D eigenvalue weighted by Crippen LogP contribution is 2.17. The molecule has 0 aliphatic heterocycles. The van der Waals surface area contributed by atoms with Gasteiger partial charge in [0.25, 0.3) is 5.91 Å². The number of hydrogen-bond donors (Lipinski definition) is 2. The zero-order chi connectivity index (χ0) is 18.5. The van der Waals surface area contributed by atoms with Crippen molar-refractivity contribution in [2.75, 3.05) is 10.6 Å². The van der Waals surface area contributed by atoms with Crippen molar-refractivity contribution in [2.24, 2.45) is 0 Å². The minimum atomic E-state index is -0.462. The van der Waals surface area contributed by atoms with Crippen molar-refractivity contribution < 1.29 is 14.0 Å². The molecule has 7 heteroatoms. The second kappa shape index (κ2) is 7.52. The molecule has 2 N–H and O–H groups in total. The number of halogens is 1. The SMILES string of the molecule is CC(=O)c1cccc(NC(=O)c2cnc(Nc3ccccc3F)cn2)c1. The van der Waals surface area contributed by atoms with Crippen LogP contribution in [0.15, 0.2) is 60.9 Å². The summed E-state index contributed by atoms with van der Waals surface area (Å²) in [4.78, 5) is 31.7. The fraction of sp³-hybridized carbons (Fsp3) is 0.0526. The molecular formula is C19H15FN4O2. The van der Waals surface area contributed by atoms with Crippen LogP contribution in [-0.4, -0.2) is 21.7 Å². The highest BCUT2D eigenvalue weighted by molar-refractivity contribution is 6.03. The molecule has 0 atom stereocenters. The number of Topliss-reactive ketones (excluding diaryl/α,β-unsaturated/α-hetero) is 1. The Bertz CT molecular complexity index is 958. The molecule has 2 aromatic carbocycles. The predicted octanol–water partition coefficient (Wildman–Crippen LogP) is 3.81. The van der Waals surface area contributed by atoms with Crippen molar-refractivity contribution in [3.8, 4) is 0 Å². The first kappa shape index (κ1) is 17.2. The fourth-order valence-electron chi connectivity index (χ4n) is 2.22. The standard InChI is InChI=1S/C19H15FN4O2/c1-12(25)13-5-4-6-14(9-13)23-19(26)17-10-22-18(11-21-17)24-16-8-3-2-7-15(16)20/h2-11H,1H3,(H,22,24)(H,23,26). The Morgan fingerprint density at radius 1 is 1.00 bits per heavy atom. The van der Waals surface area contributed by atoms with Crippen molar-refractivity contribution in [1.82, 2.24) is 9.97 Å². The largest absolute Gasteiger partial charge is 0.337 e. The molecule has 1 aromatic heterocycles. The summed E-state index contributed by atoms with van der Waals surface area (Å²) in [7, 11) is 0. The molecule has 0 fully saturated rings. The van der Waals surface area contributed by atoms with Gasteiger partial charge in [0.05, 0.1) is 18.1 Å². The monoisotopic (exact) mass is 350 g/mol. The maximum absolute atomic E-state index is 13.6. The van der Waals surface area contributed by atoms with Gasteiger partial charge in [0, 0.05) is 11.3 Å². The van der Waals surface area contributed by atoms with Crippen molar-refractivity contribution in [2.45, 2.75) is 6.92 Å². The molecular weight excluding hydrogens is 335 g/mol. The minimum absolute atomic E-state index is 0.0931. The lowest BCUT2D eigenvalue weighted by molar-refractivity contribution is 0.100. The molecule has 0 bridgehead atoms. The number of aromatic nitrogens is 2. The Balaban J connectivity index is 1.70. The van der Waals surface area contributed by atoms with E-state index >= 15 is 0 Å². The predicted molar refractivity (Wildman–Crippen MR) is 96.1 cm³/mol. The van der Waals surface area contributed by atoms with Gasteiger partial charge in [-0.15, -0.1) is 0 Å². The third-order valence-corrected chi connectivity index (χ3v) is 3.55. The first-order valence-corrected chi connectivity index (χ1v) is 7.79. The quantitative estimate of drug-likeness (QED) is 0.684. The molecule has 130 valence electrons. The summed E-state index contributed by atoms with van der Waals surface area (Å²) < 4.78 is 13.6. The van der Waals surface area contributed by atoms with E-state index in [9.17, 15) is 14.0 Å². The first-order chi connectivity index (χ1) is 12.5. The Kier molecular flexibility index (Phi) is 4.98. The van der Waals surface area contributed by atoms with E-state index in [0.717, 1.165) is 0 Å². The van der Waals surface area contributed by atoms with Gasteiger partial charge in [0.2, 0.25) is 0 Å². The molecule has 0 aliphatic rings. The van der Waals surface area contributed by atoms with Gasteiger partial charge in [0.15, 0.2) is 5.78 Å². The zero-order valence-electron chi connectivity index (χ0n) is 13.9. The number of carbonyl (C=O) groups excluding carboxylic acids is 2. The highest BCUT2D eigenvalue weighted by atomic mass is 19.1. The van der Waals surface area contributed by atoms with Crippen LogP contribution in [0.1, 0.15) is 27.8 Å². The van der Waals surface area contributed by atoms with E-state index in [-0.39, 0.29) is 17.2 Å². The van der Waals surface area contributed by atoms with Crippen molar-refractivity contribution in [3.63, 3.8) is 0 Å². The van der Waals surface area contributed by atoms with E-state index in [2.05, 4.69) is 20.6 Å². The summed E-state index contributed by atoms with van der Waals surface area (Å²) in [5.41, 5.74) is 1.34. The van der Waals surface area contributed by atoms with E-state index in [4.69, 9.17) is 0 Å². The van der Waals surface area contributed by atoms with Gasteiger partial charge in [-0.2, -0.15) is 0 Å². The van der Waals surface area contributed by atoms with E-state index in [1.807, 2.05) is 0 Å². The molecule has 6 nitrogen and oxygen atoms in total. The number of nitrogens with zero attached hydrogens (tertiary/aromatic N) is 2. The van der Waals surface area contributed by atoms with Crippen LogP contribution in [0, 0.1) is 5.82 Å². The lowest BCUT2D eigenvalue weighted by Crippen LogP contribution is -2.14. The molecule has 0 saturated carbocycles. The molecule has 3 rings (SSSR count). The average Bonchev–Trinajstić information content (AvgIpc) is 2.64. The minimum Gasteiger partial charge on any atom is -0.337 e. The van der Waals surface area contributed by atoms with Crippen LogP contribution in [0.2, 0.25) is 0 Å². The van der Waals surface area contributed by atoms with Gasteiger partial charge >= 0.3 is 0 Å². The summed E-state index contributed by atoms with van der Waals surface area (Å²) in [5.74, 6) is -0.660. The van der Waals surface area contributed by atoms with Crippen LogP contribution in [0.4, 0.5) is 21.6 Å². The van der Waals surface area contributed by atoms with Crippen molar-refractivity contribution in [3.05, 3.63) is 78.0 Å². The van der Waals surface area contributed by atoms with Gasteiger partial charge in [-0.05, 0) is 31.2 Å². The maximum Gasteiger partial charge on any atom is 0.275 e. The van der Waals surface area contributed by atoms with Gasteiger partial charge in [0.1, 0.15) is 17.3 Å². The average molecular weight is 350 g/mol. The first-order valence-electron chi connectivity index (χ1n) is 7.79. The van der Waals surface area contributed by atoms with Crippen LogP contribution in [-0.2, 0) is 0 Å². The summed E-state index contributed by atoms with van der Waals surface area (Å²) in [6, 6.07) is 12.8. The smallest absolute Gasteiger partial charge is 0.275 e. The van der Waals surface area contributed by atoms with Crippen LogP contribution < -0.4 is 10.6 Å². The molecule has 26 heavy (non-hydrogen) atoms. The number of anilines is 3. The van der Waals surface area contributed by atoms with E-state index in [1.165, 1.54) is 25.4 Å². The summed E-state index contributed by atoms with van der Waals surface area (Å²) in [5, 5.41) is 5.45. The second-order valence-electron chi connectivity index (χ2n) is 5.48. The molecule has 0 unspecified atom stereocenters. The van der Waals surface area contributed by atoms with Gasteiger partial charge in [-0.3, -0.25) is 9.59 Å². The molecule has 3 aromatic rings. The van der Waals surface area contributed by atoms with E-state index < -0.39 is 11.7 Å². The molecule has 0 aliphatic carbocycles. The topological polar surface area (TPSA) is 84.0 Å². The van der Waals surface area contributed by atoms with E-state index in [0.29, 0.717) is 17.1 Å². The summed E-state index contributed by atoms with van der Waals surface area (Å²) in [6.45, 7) is 1.45. The van der Waals surface area contributed by atoms with Crippen LogP contribution in [0.5, 0.6) is 0 Å². The normalized spacial score (nSPS) is 10.2. The van der Waals surface area contributed by atoms with Crippen LogP contribution >= 0.6 is 0 Å². The molecule has 0 saturated heterocycles. The molecule has 1 amide bonds. The Morgan fingerprint density at radius 3 is 2.50 bits per heavy atom. The van der Waals surface area contributed by atoms with Gasteiger partial charge < -0.3 is 10.6 Å². The third-order valence-electron chi connectivity index (χ3n) is 3.55.